The SMILES string of the molecule is O=S(=O)(OCCC(F)(F)F)OCCC(F)(F)F. The molecule has 0 radical (unpaired) electrons. The monoisotopic (exact) mass is 290 g/mol. The first-order chi connectivity index (χ1) is 7.41. The van der Waals surface area contributed by atoms with Gasteiger partial charge in [0, 0.05) is 0 Å². The van der Waals surface area contributed by atoms with Crippen molar-refractivity contribution in [2.45, 2.75) is 25.2 Å². The Bertz CT molecular complexity index is 292. The van der Waals surface area contributed by atoms with Crippen LogP contribution in [-0.2, 0) is 18.8 Å². The molecule has 0 aliphatic carbocycles. The van der Waals surface area contributed by atoms with Crippen molar-refractivity contribution in [1.29, 1.82) is 0 Å². The molecule has 0 aromatic heterocycles. The third-order valence-electron chi connectivity index (χ3n) is 1.23. The molecule has 0 unspecified atom stereocenters. The molecule has 0 bridgehead atoms. The summed E-state index contributed by atoms with van der Waals surface area (Å²) in [5, 5.41) is 0. The van der Waals surface area contributed by atoms with Crippen LogP contribution in [0.4, 0.5) is 26.3 Å². The average Bonchev–Trinajstić information content (AvgIpc) is 1.96. The van der Waals surface area contributed by atoms with Gasteiger partial charge in [-0.2, -0.15) is 34.8 Å². The quantitative estimate of drug-likeness (QED) is 0.703. The van der Waals surface area contributed by atoms with Gasteiger partial charge in [-0.1, -0.05) is 0 Å². The Hall–Kier alpha value is -0.550. The standard InChI is InChI=1S/C6H8F6O4S/c7-5(8,9)1-3-15-17(13,14)16-4-2-6(10,11)12/h1-4H2. The summed E-state index contributed by atoms with van der Waals surface area (Å²) in [6, 6.07) is 0. The summed E-state index contributed by atoms with van der Waals surface area (Å²) in [4.78, 5) is 0. The largest absolute Gasteiger partial charge is 0.399 e. The van der Waals surface area contributed by atoms with Crippen LogP contribution in [0.5, 0.6) is 0 Å². The van der Waals surface area contributed by atoms with Gasteiger partial charge in [0.2, 0.25) is 0 Å². The van der Waals surface area contributed by atoms with Crippen LogP contribution in [0, 0.1) is 0 Å². The van der Waals surface area contributed by atoms with Crippen molar-refractivity contribution >= 4 is 10.4 Å². The van der Waals surface area contributed by atoms with Gasteiger partial charge in [-0.25, -0.2) is 8.37 Å². The number of hydrogen-bond acceptors (Lipinski definition) is 4. The first-order valence-corrected chi connectivity index (χ1v) is 5.42. The molecule has 0 amide bonds. The molecule has 0 aromatic carbocycles. The van der Waals surface area contributed by atoms with Gasteiger partial charge in [0.15, 0.2) is 0 Å². The van der Waals surface area contributed by atoms with Crippen LogP contribution < -0.4 is 0 Å². The lowest BCUT2D eigenvalue weighted by Gasteiger charge is -2.08. The summed E-state index contributed by atoms with van der Waals surface area (Å²) in [7, 11) is -4.83. The summed E-state index contributed by atoms with van der Waals surface area (Å²) in [5.41, 5.74) is 0. The Morgan fingerprint density at radius 2 is 1.06 bits per heavy atom. The van der Waals surface area contributed by atoms with Crippen LogP contribution in [0.15, 0.2) is 0 Å². The minimum atomic E-state index is -4.83. The molecule has 0 heterocycles. The van der Waals surface area contributed by atoms with E-state index in [0.29, 0.717) is 0 Å². The van der Waals surface area contributed by atoms with Crippen molar-refractivity contribution in [3.8, 4) is 0 Å². The topological polar surface area (TPSA) is 52.6 Å². The number of alkyl halides is 6. The van der Waals surface area contributed by atoms with Gasteiger partial charge < -0.3 is 0 Å². The number of rotatable bonds is 6. The lowest BCUT2D eigenvalue weighted by molar-refractivity contribution is -0.141. The minimum absolute atomic E-state index is 1.24. The Morgan fingerprint density at radius 3 is 1.29 bits per heavy atom. The highest BCUT2D eigenvalue weighted by Crippen LogP contribution is 2.21. The smallest absolute Gasteiger partial charge is 0.248 e. The summed E-state index contributed by atoms with van der Waals surface area (Å²) in [5.74, 6) is 0. The second-order valence-corrected chi connectivity index (χ2v) is 4.07. The molecule has 0 fully saturated rings. The molecule has 0 aromatic rings. The fourth-order valence-electron chi connectivity index (χ4n) is 0.553. The van der Waals surface area contributed by atoms with Crippen molar-refractivity contribution in [3.63, 3.8) is 0 Å². The summed E-state index contributed by atoms with van der Waals surface area (Å²) in [6.45, 7) is -2.48. The van der Waals surface area contributed by atoms with E-state index in [-0.39, 0.29) is 0 Å². The summed E-state index contributed by atoms with van der Waals surface area (Å²) < 4.78 is 98.1. The Labute approximate surface area is 92.8 Å². The molecule has 0 rings (SSSR count). The van der Waals surface area contributed by atoms with E-state index in [1.807, 2.05) is 0 Å². The number of hydrogen-bond donors (Lipinski definition) is 0. The molecule has 11 heteroatoms. The zero-order valence-electron chi connectivity index (χ0n) is 8.14. The van der Waals surface area contributed by atoms with E-state index in [1.54, 1.807) is 0 Å². The fourth-order valence-corrected chi connectivity index (χ4v) is 1.20. The average molecular weight is 290 g/mol. The maximum absolute atomic E-state index is 11.6. The van der Waals surface area contributed by atoms with Gasteiger partial charge >= 0.3 is 22.8 Å². The van der Waals surface area contributed by atoms with E-state index in [2.05, 4.69) is 8.37 Å². The van der Waals surface area contributed by atoms with Gasteiger partial charge in [-0.3, -0.25) is 0 Å². The van der Waals surface area contributed by atoms with Crippen LogP contribution in [0.25, 0.3) is 0 Å². The molecule has 17 heavy (non-hydrogen) atoms. The zero-order chi connectivity index (χ0) is 13.7. The molecule has 0 atom stereocenters. The van der Waals surface area contributed by atoms with E-state index in [9.17, 15) is 34.8 Å². The third kappa shape index (κ3) is 11.7. The molecular formula is C6H8F6O4S. The second-order valence-electron chi connectivity index (χ2n) is 2.78. The van der Waals surface area contributed by atoms with Crippen LogP contribution in [0.2, 0.25) is 0 Å². The Kier molecular flexibility index (Phi) is 5.68. The van der Waals surface area contributed by atoms with Crippen molar-refractivity contribution in [1.82, 2.24) is 0 Å². The highest BCUT2D eigenvalue weighted by Gasteiger charge is 2.30. The number of halogens is 6. The lowest BCUT2D eigenvalue weighted by atomic mass is 10.5. The Balaban J connectivity index is 3.90. The van der Waals surface area contributed by atoms with E-state index >= 15 is 0 Å². The highest BCUT2D eigenvalue weighted by atomic mass is 32.3. The van der Waals surface area contributed by atoms with Crippen LogP contribution >= 0.6 is 0 Å². The molecule has 0 spiro atoms. The van der Waals surface area contributed by atoms with Crippen LogP contribution in [-0.4, -0.2) is 34.0 Å². The molecule has 0 N–H and O–H groups in total. The van der Waals surface area contributed by atoms with E-state index < -0.39 is 48.8 Å². The van der Waals surface area contributed by atoms with Gasteiger partial charge in [0.1, 0.15) is 0 Å². The normalized spacial score (nSPS) is 14.0. The van der Waals surface area contributed by atoms with Crippen LogP contribution in [0.3, 0.4) is 0 Å². The lowest BCUT2D eigenvalue weighted by Crippen LogP contribution is -2.19. The summed E-state index contributed by atoms with van der Waals surface area (Å²) in [6.07, 6.45) is -12.3. The third-order valence-corrected chi connectivity index (χ3v) is 2.14. The molecule has 0 saturated carbocycles. The van der Waals surface area contributed by atoms with E-state index in [4.69, 9.17) is 0 Å². The van der Waals surface area contributed by atoms with E-state index in [0.717, 1.165) is 0 Å². The summed E-state index contributed by atoms with van der Waals surface area (Å²) >= 11 is 0. The van der Waals surface area contributed by atoms with Gasteiger partial charge in [0.05, 0.1) is 26.1 Å². The predicted molar refractivity (Wildman–Crippen MR) is 42.2 cm³/mol. The van der Waals surface area contributed by atoms with Crippen molar-refractivity contribution in [2.75, 3.05) is 13.2 Å². The fraction of sp³-hybridized carbons (Fsp3) is 1.00. The van der Waals surface area contributed by atoms with Crippen molar-refractivity contribution < 1.29 is 43.1 Å². The van der Waals surface area contributed by atoms with Gasteiger partial charge in [-0.05, 0) is 0 Å². The van der Waals surface area contributed by atoms with Crippen molar-refractivity contribution in [3.05, 3.63) is 0 Å². The maximum Gasteiger partial charge on any atom is 0.399 e. The first kappa shape index (κ1) is 16.4. The first-order valence-electron chi connectivity index (χ1n) is 4.09. The zero-order valence-corrected chi connectivity index (χ0v) is 8.95. The van der Waals surface area contributed by atoms with E-state index in [1.165, 1.54) is 0 Å². The second kappa shape index (κ2) is 5.87. The molecule has 104 valence electrons. The molecule has 0 aliphatic rings. The Morgan fingerprint density at radius 1 is 0.765 bits per heavy atom. The van der Waals surface area contributed by atoms with Crippen LogP contribution in [0.1, 0.15) is 12.8 Å². The highest BCUT2D eigenvalue weighted by molar-refractivity contribution is 7.81. The predicted octanol–water partition coefficient (Wildman–Crippen LogP) is 2.17. The minimum Gasteiger partial charge on any atom is -0.248 e. The van der Waals surface area contributed by atoms with Gasteiger partial charge in [-0.15, -0.1) is 0 Å². The molecule has 4 nitrogen and oxygen atoms in total. The molecule has 0 aliphatic heterocycles. The maximum atomic E-state index is 11.6. The van der Waals surface area contributed by atoms with Crippen molar-refractivity contribution in [2.24, 2.45) is 0 Å². The molecular weight excluding hydrogens is 282 g/mol. The van der Waals surface area contributed by atoms with Gasteiger partial charge in [0.25, 0.3) is 0 Å². The molecule has 0 saturated heterocycles.